The molecule has 2 N–H and O–H groups in total. The summed E-state index contributed by atoms with van der Waals surface area (Å²) >= 11 is 5.81. The van der Waals surface area contributed by atoms with Gasteiger partial charge in [-0.1, -0.05) is 0 Å². The molecule has 12 nitrogen and oxygen atoms in total. The Balaban J connectivity index is 1.82. The number of carboxylic acids is 1. The fourth-order valence-electron chi connectivity index (χ4n) is 4.16. The van der Waals surface area contributed by atoms with Gasteiger partial charge in [0.15, 0.2) is 0 Å². The third-order valence-corrected chi connectivity index (χ3v) is 11.7. The summed E-state index contributed by atoms with van der Waals surface area (Å²) < 4.78 is 46.4. The minimum atomic E-state index is -4.15. The van der Waals surface area contributed by atoms with Crippen molar-refractivity contribution < 1.29 is 37.1 Å². The van der Waals surface area contributed by atoms with Crippen LogP contribution in [0.15, 0.2) is 33.7 Å². The van der Waals surface area contributed by atoms with Gasteiger partial charge in [0.25, 0.3) is 0 Å². The molecule has 0 aliphatic carbocycles. The first-order valence-corrected chi connectivity index (χ1v) is 16.6. The van der Waals surface area contributed by atoms with E-state index in [4.69, 9.17) is 21.7 Å². The topological polar surface area (TPSA) is 156 Å². The number of thiocarbonyl (C=S) groups is 1. The first-order chi connectivity index (χ1) is 19.2. The van der Waals surface area contributed by atoms with Gasteiger partial charge >= 0.3 is 252 Å². The minimum absolute atomic E-state index is 0.0582. The number of carbonyl (C=O) groups excluding carboxylic acids is 1. The van der Waals surface area contributed by atoms with Crippen molar-refractivity contribution in [3.63, 3.8) is 0 Å². The summed E-state index contributed by atoms with van der Waals surface area (Å²) in [7, 11) is -1.16. The summed E-state index contributed by atoms with van der Waals surface area (Å²) in [6.45, 7) is 2.96. The van der Waals surface area contributed by atoms with Crippen molar-refractivity contribution in [1.29, 1.82) is 0 Å². The van der Waals surface area contributed by atoms with Gasteiger partial charge in [-0.05, 0) is 0 Å². The maximum atomic E-state index is 13.4. The number of anilines is 1. The van der Waals surface area contributed by atoms with Gasteiger partial charge in [-0.15, -0.1) is 0 Å². The zero-order valence-corrected chi connectivity index (χ0v) is 26.6. The summed E-state index contributed by atoms with van der Waals surface area (Å²) in [5.74, 6) is -1.39. The molecule has 16 heteroatoms. The monoisotopic (exact) mass is 689 g/mol. The Morgan fingerprint density at radius 2 is 2.02 bits per heavy atom. The molecule has 1 amide bonds. The Morgan fingerprint density at radius 1 is 1.32 bits per heavy atom. The van der Waals surface area contributed by atoms with Crippen molar-refractivity contribution in [3.05, 3.63) is 48.4 Å². The summed E-state index contributed by atoms with van der Waals surface area (Å²) in [5.41, 5.74) is 0.875. The van der Waals surface area contributed by atoms with E-state index in [1.165, 1.54) is 14.0 Å². The number of nitrogens with zero attached hydrogens (tertiary/aromatic N) is 3. The number of carbonyl (C=O) groups is 2. The Hall–Kier alpha value is -3.01. The Bertz CT molecular complexity index is 1760. The molecular weight excluding hydrogens is 661 g/mol. The van der Waals surface area contributed by atoms with Crippen molar-refractivity contribution >= 4 is 87.2 Å². The van der Waals surface area contributed by atoms with Gasteiger partial charge in [0.05, 0.1) is 0 Å². The molecule has 2 aromatic rings. The third-order valence-electron chi connectivity index (χ3n) is 6.47. The second-order valence-electron chi connectivity index (χ2n) is 9.30. The fourth-order valence-corrected chi connectivity index (χ4v) is 8.34. The van der Waals surface area contributed by atoms with Gasteiger partial charge in [-0.2, -0.15) is 0 Å². The van der Waals surface area contributed by atoms with E-state index in [2.05, 4.69) is 0 Å². The standard InChI is InChI=1S/C25H27N3O9S3Se/c1-13(21-23(32)28(12-19(29)30)24(39-21)20-22(31)26(3)25(38)37-20)10-18-27(9-5-6-14(2)40(33,34)35)16-11-15(36-4)7-8-17(16)41-18/h7-8,10-11,14H,5-6,9,12H2,1-4H3,(H,29,30)(H,33,34,35)/b18-10?,21-13?,24-20+. The molecule has 1 fully saturated rings. The van der Waals surface area contributed by atoms with Crippen LogP contribution in [0, 0.1) is 0 Å². The first kappa shape index (κ1) is 30.9. The number of hydrogen-bond acceptors (Lipinski definition) is 10. The molecule has 1 unspecified atom stereocenters. The molecule has 0 spiro atoms. The van der Waals surface area contributed by atoms with Crippen LogP contribution in [0.2, 0.25) is 0 Å². The SMILES string of the molecule is COc1ccc2c(c1)N(CCCC(C)S(=O)(=O)O)C(=CC(C)=c1s/c(=C3/OC(=S)N(C)C3=O)n(CC(=O)O)c1=O)[Se]2. The van der Waals surface area contributed by atoms with Gasteiger partial charge in [-0.25, -0.2) is 0 Å². The van der Waals surface area contributed by atoms with Crippen molar-refractivity contribution in [1.82, 2.24) is 9.47 Å². The average molecular weight is 689 g/mol. The van der Waals surface area contributed by atoms with E-state index in [9.17, 15) is 32.5 Å². The first-order valence-electron chi connectivity index (χ1n) is 12.2. The van der Waals surface area contributed by atoms with E-state index in [-0.39, 0.29) is 41.5 Å². The molecule has 1 aromatic carbocycles. The van der Waals surface area contributed by atoms with Crippen LogP contribution < -0.4 is 28.9 Å². The summed E-state index contributed by atoms with van der Waals surface area (Å²) in [6.07, 6.45) is 2.55. The zero-order valence-electron chi connectivity index (χ0n) is 22.4. The molecule has 0 saturated carbocycles. The number of allylic oxidation sites excluding steroid dienone is 1. The molecular formula is C25H27N3O9S3Se. The Kier molecular flexibility index (Phi) is 9.11. The number of benzene rings is 1. The van der Waals surface area contributed by atoms with E-state index in [1.54, 1.807) is 14.0 Å². The number of amides is 1. The second-order valence-corrected chi connectivity index (χ2v) is 14.7. The normalized spacial score (nSPS) is 19.0. The Morgan fingerprint density at radius 3 is 2.61 bits per heavy atom. The number of methoxy groups -OCH3 is 1. The number of aliphatic carboxylic acids is 1. The van der Waals surface area contributed by atoms with Crippen LogP contribution in [0.1, 0.15) is 26.7 Å². The van der Waals surface area contributed by atoms with Gasteiger partial charge < -0.3 is 0 Å². The van der Waals surface area contributed by atoms with Gasteiger partial charge in [0.1, 0.15) is 0 Å². The molecule has 1 saturated heterocycles. The maximum absolute atomic E-state index is 13.4. The number of likely N-dealkylation sites (N-methyl/N-ethyl adjacent to an activating group) is 1. The van der Waals surface area contributed by atoms with Crippen LogP contribution in [0.25, 0.3) is 11.3 Å². The van der Waals surface area contributed by atoms with Crippen molar-refractivity contribution in [2.75, 3.05) is 25.6 Å². The van der Waals surface area contributed by atoms with E-state index in [1.807, 2.05) is 29.2 Å². The molecule has 3 heterocycles. The van der Waals surface area contributed by atoms with Crippen LogP contribution in [-0.2, 0) is 31.0 Å². The summed E-state index contributed by atoms with van der Waals surface area (Å²) in [5, 5.41) is 8.43. The summed E-state index contributed by atoms with van der Waals surface area (Å²) in [4.78, 5) is 40.8. The summed E-state index contributed by atoms with van der Waals surface area (Å²) in [6, 6.07) is 5.70. The number of aromatic nitrogens is 1. The van der Waals surface area contributed by atoms with Crippen LogP contribution in [0.3, 0.4) is 0 Å². The van der Waals surface area contributed by atoms with Crippen molar-refractivity contribution in [2.45, 2.75) is 38.5 Å². The molecule has 1 aromatic heterocycles. The van der Waals surface area contributed by atoms with Crippen LogP contribution in [0.5, 0.6) is 5.75 Å². The number of carboxylic acid groups (broad SMARTS) is 1. The zero-order chi connectivity index (χ0) is 30.2. The molecule has 0 radical (unpaired) electrons. The van der Waals surface area contributed by atoms with E-state index in [0.29, 0.717) is 24.3 Å². The molecule has 1 atom stereocenters. The Labute approximate surface area is 251 Å². The number of thiazole rings is 1. The fraction of sp³-hybridized carbons (Fsp3) is 0.360. The third kappa shape index (κ3) is 6.42. The van der Waals surface area contributed by atoms with E-state index in [0.717, 1.165) is 35.5 Å². The van der Waals surface area contributed by atoms with Crippen LogP contribution in [-0.4, -0.2) is 85.5 Å². The van der Waals surface area contributed by atoms with Gasteiger partial charge in [-0.3, -0.25) is 0 Å². The van der Waals surface area contributed by atoms with Crippen LogP contribution >= 0.6 is 23.6 Å². The van der Waals surface area contributed by atoms with Gasteiger partial charge in [0.2, 0.25) is 0 Å². The average Bonchev–Trinajstić information content (AvgIpc) is 3.49. The second kappa shape index (κ2) is 12.1. The van der Waals surface area contributed by atoms with E-state index >= 15 is 0 Å². The van der Waals surface area contributed by atoms with Gasteiger partial charge in [0, 0.05) is 0 Å². The van der Waals surface area contributed by atoms with Crippen molar-refractivity contribution in [2.24, 2.45) is 0 Å². The predicted molar refractivity (Wildman–Crippen MR) is 158 cm³/mol. The molecule has 220 valence electrons. The number of ether oxygens (including phenoxy) is 2. The number of fused-ring (bicyclic) bond motifs is 1. The molecule has 41 heavy (non-hydrogen) atoms. The number of rotatable bonds is 9. The molecule has 2 aliphatic rings. The molecule has 2 aliphatic heterocycles. The predicted octanol–water partition coefficient (Wildman–Crippen LogP) is -0.197. The molecule has 4 rings (SSSR count). The molecule has 0 bridgehead atoms. The quantitative estimate of drug-likeness (QED) is 0.205. The van der Waals surface area contributed by atoms with E-state index < -0.39 is 39.3 Å². The van der Waals surface area contributed by atoms with Crippen molar-refractivity contribution in [3.8, 4) is 5.75 Å². The number of hydrogen-bond donors (Lipinski definition) is 2. The van der Waals surface area contributed by atoms with Crippen LogP contribution in [0.4, 0.5) is 5.69 Å².